The normalized spacial score (nSPS) is 16.5. The number of hydrogen-bond acceptors (Lipinski definition) is 3. The van der Waals surface area contributed by atoms with Crippen LogP contribution in [0, 0.1) is 0 Å². The van der Waals surface area contributed by atoms with Gasteiger partial charge >= 0.3 is 0 Å². The summed E-state index contributed by atoms with van der Waals surface area (Å²) in [5.74, 6) is 0.144. The average molecular weight is 348 g/mol. The van der Waals surface area contributed by atoms with Crippen LogP contribution in [0.5, 0.6) is 0 Å². The van der Waals surface area contributed by atoms with Crippen molar-refractivity contribution in [2.75, 3.05) is 29.7 Å². The summed E-state index contributed by atoms with van der Waals surface area (Å²) in [7, 11) is -3.16. The van der Waals surface area contributed by atoms with E-state index in [1.807, 2.05) is 26.0 Å². The van der Waals surface area contributed by atoms with Crippen LogP contribution in [0.3, 0.4) is 0 Å². The maximum atomic E-state index is 12.2. The second kappa shape index (κ2) is 7.66. The SMILES string of the molecule is C=C(C)CN(CC)C(=O)/C=C/c1ccc(N2CCCS2(=O)=O)cc1. The highest BCUT2D eigenvalue weighted by Gasteiger charge is 2.28. The Labute approximate surface area is 144 Å². The molecule has 0 aromatic heterocycles. The minimum absolute atomic E-state index is 0.0632. The van der Waals surface area contributed by atoms with Crippen LogP contribution in [0.2, 0.25) is 0 Å². The lowest BCUT2D eigenvalue weighted by Crippen LogP contribution is -2.30. The van der Waals surface area contributed by atoms with Crippen LogP contribution in [-0.2, 0) is 14.8 Å². The molecule has 130 valence electrons. The molecule has 0 saturated carbocycles. The number of sulfonamides is 1. The molecule has 24 heavy (non-hydrogen) atoms. The lowest BCUT2D eigenvalue weighted by atomic mass is 10.2. The molecular formula is C18H24N2O3S. The van der Waals surface area contributed by atoms with Crippen LogP contribution in [0.15, 0.2) is 42.5 Å². The van der Waals surface area contributed by atoms with E-state index in [9.17, 15) is 13.2 Å². The van der Waals surface area contributed by atoms with Gasteiger partial charge in [-0.05, 0) is 44.0 Å². The van der Waals surface area contributed by atoms with Crippen LogP contribution in [-0.4, -0.2) is 44.6 Å². The Morgan fingerprint density at radius 2 is 2.00 bits per heavy atom. The molecule has 0 atom stereocenters. The number of nitrogens with zero attached hydrogens (tertiary/aromatic N) is 2. The molecule has 0 radical (unpaired) electrons. The summed E-state index contributed by atoms with van der Waals surface area (Å²) in [5, 5.41) is 0. The lowest BCUT2D eigenvalue weighted by Gasteiger charge is -2.19. The third-order valence-corrected chi connectivity index (χ3v) is 5.72. The molecular weight excluding hydrogens is 324 g/mol. The molecule has 6 heteroatoms. The fourth-order valence-electron chi connectivity index (χ4n) is 2.63. The molecule has 0 unspecified atom stereocenters. The van der Waals surface area contributed by atoms with Crippen LogP contribution >= 0.6 is 0 Å². The Hall–Kier alpha value is -2.08. The van der Waals surface area contributed by atoms with Crippen molar-refractivity contribution in [1.29, 1.82) is 0 Å². The minimum Gasteiger partial charge on any atom is -0.335 e. The zero-order valence-corrected chi connectivity index (χ0v) is 15.1. The number of rotatable bonds is 6. The van der Waals surface area contributed by atoms with Gasteiger partial charge in [-0.3, -0.25) is 9.10 Å². The van der Waals surface area contributed by atoms with Gasteiger partial charge in [-0.15, -0.1) is 0 Å². The van der Waals surface area contributed by atoms with Gasteiger partial charge in [0.05, 0.1) is 11.4 Å². The second-order valence-corrected chi connectivity index (χ2v) is 7.99. The number of likely N-dealkylation sites (N-methyl/N-ethyl adjacent to an activating group) is 1. The van der Waals surface area contributed by atoms with Crippen molar-refractivity contribution >= 4 is 27.7 Å². The molecule has 1 amide bonds. The summed E-state index contributed by atoms with van der Waals surface area (Å²) in [6, 6.07) is 7.20. The van der Waals surface area contributed by atoms with Crippen LogP contribution in [0.4, 0.5) is 5.69 Å². The topological polar surface area (TPSA) is 57.7 Å². The van der Waals surface area contributed by atoms with Crippen molar-refractivity contribution in [2.45, 2.75) is 20.3 Å². The van der Waals surface area contributed by atoms with E-state index < -0.39 is 10.0 Å². The number of benzene rings is 1. The zero-order chi connectivity index (χ0) is 17.7. The number of amides is 1. The van der Waals surface area contributed by atoms with Gasteiger partial charge < -0.3 is 4.90 Å². The van der Waals surface area contributed by atoms with Gasteiger partial charge in [0.1, 0.15) is 0 Å². The largest absolute Gasteiger partial charge is 0.335 e. The number of carbonyl (C=O) groups excluding carboxylic acids is 1. The second-order valence-electron chi connectivity index (χ2n) is 5.98. The first-order chi connectivity index (χ1) is 11.3. The van der Waals surface area contributed by atoms with Crippen molar-refractivity contribution in [3.63, 3.8) is 0 Å². The van der Waals surface area contributed by atoms with E-state index in [4.69, 9.17) is 0 Å². The predicted molar refractivity (Wildman–Crippen MR) is 98.3 cm³/mol. The predicted octanol–water partition coefficient (Wildman–Crippen LogP) is 2.66. The Morgan fingerprint density at radius 1 is 1.33 bits per heavy atom. The molecule has 1 aliphatic heterocycles. The molecule has 5 nitrogen and oxygen atoms in total. The molecule has 0 spiro atoms. The lowest BCUT2D eigenvalue weighted by molar-refractivity contribution is -0.125. The van der Waals surface area contributed by atoms with E-state index in [0.29, 0.717) is 31.7 Å². The fraction of sp³-hybridized carbons (Fsp3) is 0.389. The van der Waals surface area contributed by atoms with E-state index in [-0.39, 0.29) is 11.7 Å². The van der Waals surface area contributed by atoms with Gasteiger partial charge in [0.2, 0.25) is 15.9 Å². The van der Waals surface area contributed by atoms with Crippen LogP contribution < -0.4 is 4.31 Å². The highest BCUT2D eigenvalue weighted by atomic mass is 32.2. The number of anilines is 1. The summed E-state index contributed by atoms with van der Waals surface area (Å²) in [6.45, 7) is 9.36. The van der Waals surface area contributed by atoms with E-state index in [1.54, 1.807) is 23.1 Å². The molecule has 1 aromatic rings. The van der Waals surface area contributed by atoms with E-state index in [2.05, 4.69) is 6.58 Å². The van der Waals surface area contributed by atoms with E-state index >= 15 is 0 Å². The fourth-order valence-corrected chi connectivity index (χ4v) is 4.19. The molecule has 0 aliphatic carbocycles. The van der Waals surface area contributed by atoms with Gasteiger partial charge in [-0.1, -0.05) is 24.3 Å². The van der Waals surface area contributed by atoms with Crippen molar-refractivity contribution in [3.05, 3.63) is 48.1 Å². The maximum absolute atomic E-state index is 12.2. The summed E-state index contributed by atoms with van der Waals surface area (Å²) in [6.07, 6.45) is 3.94. The van der Waals surface area contributed by atoms with Crippen LogP contribution in [0.1, 0.15) is 25.8 Å². The molecule has 0 bridgehead atoms. The first-order valence-electron chi connectivity index (χ1n) is 8.05. The third kappa shape index (κ3) is 4.47. The average Bonchev–Trinajstić information content (AvgIpc) is 2.90. The van der Waals surface area contributed by atoms with Crippen molar-refractivity contribution in [3.8, 4) is 0 Å². The first-order valence-corrected chi connectivity index (χ1v) is 9.66. The van der Waals surface area contributed by atoms with Gasteiger partial charge in [0, 0.05) is 25.7 Å². The summed E-state index contributed by atoms with van der Waals surface area (Å²) >= 11 is 0. The third-order valence-electron chi connectivity index (χ3n) is 3.85. The number of hydrogen-bond donors (Lipinski definition) is 0. The Morgan fingerprint density at radius 3 is 2.50 bits per heavy atom. The highest BCUT2D eigenvalue weighted by Crippen LogP contribution is 2.24. The molecule has 1 heterocycles. The minimum atomic E-state index is -3.16. The molecule has 0 N–H and O–H groups in total. The van der Waals surface area contributed by atoms with Gasteiger partial charge in [0.15, 0.2) is 0 Å². The van der Waals surface area contributed by atoms with Crippen LogP contribution in [0.25, 0.3) is 6.08 Å². The molecule has 1 aliphatic rings. The Kier molecular flexibility index (Phi) is 5.83. The maximum Gasteiger partial charge on any atom is 0.246 e. The van der Waals surface area contributed by atoms with Crippen molar-refractivity contribution in [1.82, 2.24) is 4.90 Å². The quantitative estimate of drug-likeness (QED) is 0.587. The van der Waals surface area contributed by atoms with Gasteiger partial charge in [-0.2, -0.15) is 0 Å². The van der Waals surface area contributed by atoms with E-state index in [1.165, 1.54) is 10.4 Å². The Bertz CT molecular complexity index is 736. The Balaban J connectivity index is 2.06. The smallest absolute Gasteiger partial charge is 0.246 e. The molecule has 1 fully saturated rings. The van der Waals surface area contributed by atoms with E-state index in [0.717, 1.165) is 11.1 Å². The summed E-state index contributed by atoms with van der Waals surface area (Å²) in [4.78, 5) is 13.9. The summed E-state index contributed by atoms with van der Waals surface area (Å²) < 4.78 is 25.3. The summed E-state index contributed by atoms with van der Waals surface area (Å²) in [5.41, 5.74) is 2.47. The highest BCUT2D eigenvalue weighted by molar-refractivity contribution is 7.93. The van der Waals surface area contributed by atoms with Gasteiger partial charge in [0.25, 0.3) is 0 Å². The zero-order valence-electron chi connectivity index (χ0n) is 14.2. The molecule has 2 rings (SSSR count). The standard InChI is InChI=1S/C18H24N2O3S/c1-4-19(14-15(2)3)18(21)11-8-16-6-9-17(10-7-16)20-12-5-13-24(20,22)23/h6-11H,2,4-5,12-14H2,1,3H3/b11-8+. The molecule has 1 aromatic carbocycles. The number of carbonyl (C=O) groups is 1. The van der Waals surface area contributed by atoms with Crippen molar-refractivity contribution in [2.24, 2.45) is 0 Å². The van der Waals surface area contributed by atoms with Gasteiger partial charge in [-0.25, -0.2) is 8.42 Å². The monoisotopic (exact) mass is 348 g/mol. The molecule has 1 saturated heterocycles. The van der Waals surface area contributed by atoms with Crippen molar-refractivity contribution < 1.29 is 13.2 Å². The first kappa shape index (κ1) is 18.3.